The molecule has 2 heterocycles. The highest BCUT2D eigenvalue weighted by Gasteiger charge is 2.56. The van der Waals surface area contributed by atoms with E-state index >= 15 is 0 Å². The largest absolute Gasteiger partial charge is 0.445 e. The Morgan fingerprint density at radius 1 is 1.29 bits per heavy atom. The van der Waals surface area contributed by atoms with Crippen LogP contribution in [0, 0.1) is 0 Å². The van der Waals surface area contributed by atoms with Crippen molar-refractivity contribution in [3.8, 4) is 0 Å². The van der Waals surface area contributed by atoms with Crippen LogP contribution in [0.15, 0.2) is 30.3 Å². The lowest BCUT2D eigenvalue weighted by molar-refractivity contribution is 0.0926. The summed E-state index contributed by atoms with van der Waals surface area (Å²) >= 11 is 0. The molecule has 2 aliphatic heterocycles. The third-order valence-corrected chi connectivity index (χ3v) is 5.26. The van der Waals surface area contributed by atoms with Crippen molar-refractivity contribution in [3.05, 3.63) is 35.9 Å². The number of fused-ring (bicyclic) bond motifs is 1. The molecule has 114 valence electrons. The number of sulfonamides is 1. The first-order valence-corrected chi connectivity index (χ1v) is 8.76. The van der Waals surface area contributed by atoms with Crippen molar-refractivity contribution in [2.45, 2.75) is 25.1 Å². The molecule has 1 aromatic rings. The molecular formula is C14H18N2O4S. The highest BCUT2D eigenvalue weighted by molar-refractivity contribution is 7.88. The number of likely N-dealkylation sites (tertiary alicyclic amines) is 1. The Kier molecular flexibility index (Phi) is 3.62. The van der Waals surface area contributed by atoms with E-state index in [1.807, 2.05) is 30.3 Å². The van der Waals surface area contributed by atoms with Crippen molar-refractivity contribution in [3.63, 3.8) is 0 Å². The van der Waals surface area contributed by atoms with Crippen LogP contribution in [-0.2, 0) is 21.4 Å². The van der Waals surface area contributed by atoms with Gasteiger partial charge >= 0.3 is 6.09 Å². The number of hydrogen-bond donors (Lipinski definition) is 0. The molecule has 0 spiro atoms. The number of carbonyl (C=O) groups excluding carboxylic acids is 1. The molecule has 0 bridgehead atoms. The molecule has 3 atom stereocenters. The number of hydrogen-bond acceptors (Lipinski definition) is 4. The quantitative estimate of drug-likeness (QED) is 0.783. The second-order valence-electron chi connectivity index (χ2n) is 5.50. The van der Waals surface area contributed by atoms with Gasteiger partial charge in [0.15, 0.2) is 0 Å². The summed E-state index contributed by atoms with van der Waals surface area (Å²) in [5, 5.41) is 0. The van der Waals surface area contributed by atoms with Gasteiger partial charge in [-0.1, -0.05) is 30.3 Å². The van der Waals surface area contributed by atoms with E-state index in [2.05, 4.69) is 0 Å². The maximum absolute atomic E-state index is 12.0. The van der Waals surface area contributed by atoms with Crippen molar-refractivity contribution >= 4 is 16.1 Å². The zero-order chi connectivity index (χ0) is 15.0. The average molecular weight is 310 g/mol. The van der Waals surface area contributed by atoms with Gasteiger partial charge in [0, 0.05) is 19.1 Å². The molecule has 2 fully saturated rings. The Labute approximate surface area is 124 Å². The topological polar surface area (TPSA) is 66.7 Å². The lowest BCUT2D eigenvalue weighted by Gasteiger charge is -2.24. The fourth-order valence-electron chi connectivity index (χ4n) is 2.90. The number of amides is 1. The zero-order valence-electron chi connectivity index (χ0n) is 11.8. The first-order valence-electron chi connectivity index (χ1n) is 6.91. The smallest absolute Gasteiger partial charge is 0.410 e. The molecule has 0 aliphatic carbocycles. The number of piperidine rings is 1. The molecule has 0 saturated carbocycles. The summed E-state index contributed by atoms with van der Waals surface area (Å²) in [6.45, 7) is 1.20. The summed E-state index contributed by atoms with van der Waals surface area (Å²) in [5.41, 5.74) is 0.935. The van der Waals surface area contributed by atoms with E-state index in [0.29, 0.717) is 19.5 Å². The minimum Gasteiger partial charge on any atom is -0.445 e. The van der Waals surface area contributed by atoms with E-state index < -0.39 is 10.0 Å². The van der Waals surface area contributed by atoms with Gasteiger partial charge in [-0.15, -0.1) is 0 Å². The van der Waals surface area contributed by atoms with E-state index in [4.69, 9.17) is 4.74 Å². The lowest BCUT2D eigenvalue weighted by Crippen LogP contribution is -2.39. The fraction of sp³-hybridized carbons (Fsp3) is 0.500. The van der Waals surface area contributed by atoms with E-state index in [1.165, 1.54) is 10.6 Å². The van der Waals surface area contributed by atoms with Gasteiger partial charge in [-0.2, -0.15) is 4.31 Å². The van der Waals surface area contributed by atoms with Crippen molar-refractivity contribution in [1.29, 1.82) is 0 Å². The minimum absolute atomic E-state index is 0.0678. The Morgan fingerprint density at radius 2 is 2.00 bits per heavy atom. The van der Waals surface area contributed by atoms with Crippen molar-refractivity contribution in [2.75, 3.05) is 19.3 Å². The summed E-state index contributed by atoms with van der Waals surface area (Å²) in [4.78, 5) is 13.6. The molecule has 7 heteroatoms. The summed E-state index contributed by atoms with van der Waals surface area (Å²) in [6, 6.07) is 9.47. The normalized spacial score (nSPS) is 27.9. The molecule has 1 amide bonds. The first-order chi connectivity index (χ1) is 9.97. The summed E-state index contributed by atoms with van der Waals surface area (Å²) in [7, 11) is -3.16. The maximum Gasteiger partial charge on any atom is 0.410 e. The van der Waals surface area contributed by atoms with Crippen molar-refractivity contribution in [1.82, 2.24) is 9.21 Å². The third-order valence-electron chi connectivity index (χ3n) is 3.96. The molecule has 2 aliphatic rings. The van der Waals surface area contributed by atoms with Crippen LogP contribution < -0.4 is 0 Å². The summed E-state index contributed by atoms with van der Waals surface area (Å²) in [6.07, 6.45) is 1.51. The SMILES string of the molecule is CS(=O)(=O)N1C2CCN(C(=O)OCc3ccccc3)CC21. The van der Waals surface area contributed by atoms with Gasteiger partial charge in [0.25, 0.3) is 0 Å². The van der Waals surface area contributed by atoms with Crippen LogP contribution in [0.25, 0.3) is 0 Å². The molecular weight excluding hydrogens is 292 g/mol. The Balaban J connectivity index is 1.53. The third kappa shape index (κ3) is 3.03. The van der Waals surface area contributed by atoms with Crippen molar-refractivity contribution < 1.29 is 17.9 Å². The second kappa shape index (κ2) is 5.31. The van der Waals surface area contributed by atoms with Gasteiger partial charge in [-0.05, 0) is 12.0 Å². The number of nitrogens with zero attached hydrogens (tertiary/aromatic N) is 2. The van der Waals surface area contributed by atoms with Crippen LogP contribution >= 0.6 is 0 Å². The highest BCUT2D eigenvalue weighted by Crippen LogP contribution is 2.38. The molecule has 0 radical (unpaired) electrons. The predicted octanol–water partition coefficient (Wildman–Crippen LogP) is 1.04. The summed E-state index contributed by atoms with van der Waals surface area (Å²) in [5.74, 6) is 0. The molecule has 3 unspecified atom stereocenters. The number of benzene rings is 1. The van der Waals surface area contributed by atoms with E-state index in [0.717, 1.165) is 5.56 Å². The predicted molar refractivity (Wildman–Crippen MR) is 77.1 cm³/mol. The number of carbonyl (C=O) groups is 1. The monoisotopic (exact) mass is 310 g/mol. The van der Waals surface area contributed by atoms with Crippen LogP contribution in [0.1, 0.15) is 12.0 Å². The highest BCUT2D eigenvalue weighted by atomic mass is 32.2. The van der Waals surface area contributed by atoms with Gasteiger partial charge in [-0.25, -0.2) is 13.2 Å². The lowest BCUT2D eigenvalue weighted by atomic mass is 10.1. The Morgan fingerprint density at radius 3 is 2.67 bits per heavy atom. The first kappa shape index (κ1) is 14.3. The molecule has 1 aromatic carbocycles. The van der Waals surface area contributed by atoms with Crippen molar-refractivity contribution in [2.24, 2.45) is 0 Å². The van der Waals surface area contributed by atoms with Crippen LogP contribution in [0.3, 0.4) is 0 Å². The van der Waals surface area contributed by atoms with Crippen LogP contribution in [0.2, 0.25) is 0 Å². The van der Waals surface area contributed by atoms with Gasteiger partial charge in [-0.3, -0.25) is 0 Å². The molecule has 6 nitrogen and oxygen atoms in total. The molecule has 21 heavy (non-hydrogen) atoms. The fourth-order valence-corrected chi connectivity index (χ4v) is 4.29. The van der Waals surface area contributed by atoms with Crippen LogP contribution in [0.5, 0.6) is 0 Å². The zero-order valence-corrected chi connectivity index (χ0v) is 12.6. The molecule has 2 saturated heterocycles. The Hall–Kier alpha value is -1.60. The number of rotatable bonds is 3. The summed E-state index contributed by atoms with van der Waals surface area (Å²) < 4.78 is 29.8. The number of ether oxygens (including phenoxy) is 1. The maximum atomic E-state index is 12.0. The Bertz CT molecular complexity index is 632. The van der Waals surface area contributed by atoms with Gasteiger partial charge in [0.1, 0.15) is 6.61 Å². The minimum atomic E-state index is -3.16. The second-order valence-corrected chi connectivity index (χ2v) is 7.39. The van der Waals surface area contributed by atoms with E-state index in [1.54, 1.807) is 4.90 Å². The van der Waals surface area contributed by atoms with Gasteiger partial charge in [0.2, 0.25) is 10.0 Å². The molecule has 0 aromatic heterocycles. The van der Waals surface area contributed by atoms with Gasteiger partial charge < -0.3 is 9.64 Å². The van der Waals surface area contributed by atoms with Gasteiger partial charge in [0.05, 0.1) is 12.3 Å². The van der Waals surface area contributed by atoms with E-state index in [-0.39, 0.29) is 24.8 Å². The molecule has 0 N–H and O–H groups in total. The average Bonchev–Trinajstić information content (AvgIpc) is 3.19. The standard InChI is InChI=1S/C14H18N2O4S/c1-21(18,19)16-12-7-8-15(9-13(12)16)14(17)20-10-11-5-3-2-4-6-11/h2-6,12-13H,7-10H2,1H3. The van der Waals surface area contributed by atoms with Crippen LogP contribution in [0.4, 0.5) is 4.79 Å². The molecule has 3 rings (SSSR count). The van der Waals surface area contributed by atoms with Crippen LogP contribution in [-0.4, -0.2) is 55.1 Å². The van der Waals surface area contributed by atoms with E-state index in [9.17, 15) is 13.2 Å².